The van der Waals surface area contributed by atoms with Gasteiger partial charge in [-0.05, 0) is 20.9 Å². The summed E-state index contributed by atoms with van der Waals surface area (Å²) in [6, 6.07) is 0. The van der Waals surface area contributed by atoms with Gasteiger partial charge >= 0.3 is 0 Å². The Bertz CT molecular complexity index is 260. The first kappa shape index (κ1) is 11.2. The molecule has 1 heterocycles. The van der Waals surface area contributed by atoms with E-state index < -0.39 is 0 Å². The third kappa shape index (κ3) is 3.12. The molecule has 14 heavy (non-hydrogen) atoms. The van der Waals surface area contributed by atoms with Crippen LogP contribution in [0.4, 0.5) is 0 Å². The number of nitrogens with zero attached hydrogens (tertiary/aromatic N) is 2. The molecule has 0 radical (unpaired) electrons. The molecule has 0 bridgehead atoms. The molecule has 0 aliphatic heterocycles. The van der Waals surface area contributed by atoms with Crippen molar-refractivity contribution < 1.29 is 4.74 Å². The molecule has 1 N–H and O–H groups in total. The van der Waals surface area contributed by atoms with Crippen LogP contribution in [0.25, 0.3) is 0 Å². The van der Waals surface area contributed by atoms with E-state index in [1.807, 2.05) is 26.5 Å². The van der Waals surface area contributed by atoms with Gasteiger partial charge in [-0.3, -0.25) is 0 Å². The van der Waals surface area contributed by atoms with Crippen molar-refractivity contribution in [3.05, 3.63) is 18.2 Å². The van der Waals surface area contributed by atoms with Crippen LogP contribution < -0.4 is 5.32 Å². The number of imidazole rings is 1. The molecule has 0 saturated carbocycles. The smallest absolute Gasteiger partial charge is 0.0949 e. The Morgan fingerprint density at radius 3 is 3.07 bits per heavy atom. The quantitative estimate of drug-likeness (QED) is 0.740. The Kier molecular flexibility index (Phi) is 4.62. The standard InChI is InChI=1S/C10H19N3O/c1-4-14-9(2)7-13-8-12-6-10(13)5-11-3/h6,8-9,11H,4-5,7H2,1-3H3. The van der Waals surface area contributed by atoms with Gasteiger partial charge in [-0.1, -0.05) is 0 Å². The van der Waals surface area contributed by atoms with Crippen molar-refractivity contribution in [2.45, 2.75) is 33.0 Å². The lowest BCUT2D eigenvalue weighted by atomic mass is 10.3. The van der Waals surface area contributed by atoms with E-state index in [1.54, 1.807) is 0 Å². The summed E-state index contributed by atoms with van der Waals surface area (Å²) in [7, 11) is 1.93. The summed E-state index contributed by atoms with van der Waals surface area (Å²) in [5.41, 5.74) is 1.19. The molecule has 4 nitrogen and oxygen atoms in total. The van der Waals surface area contributed by atoms with Gasteiger partial charge < -0.3 is 14.6 Å². The Labute approximate surface area is 85.3 Å². The molecule has 1 aromatic heterocycles. The minimum absolute atomic E-state index is 0.241. The van der Waals surface area contributed by atoms with Crippen LogP contribution in [-0.4, -0.2) is 29.3 Å². The van der Waals surface area contributed by atoms with E-state index in [0.717, 1.165) is 19.7 Å². The first-order valence-electron chi connectivity index (χ1n) is 5.03. The molecule has 0 aliphatic rings. The van der Waals surface area contributed by atoms with E-state index in [1.165, 1.54) is 5.69 Å². The van der Waals surface area contributed by atoms with Crippen LogP contribution in [-0.2, 0) is 17.8 Å². The zero-order chi connectivity index (χ0) is 10.4. The predicted octanol–water partition coefficient (Wildman–Crippen LogP) is 1.03. The molecule has 0 spiro atoms. The molecule has 80 valence electrons. The molecule has 1 atom stereocenters. The summed E-state index contributed by atoms with van der Waals surface area (Å²) in [6.07, 6.45) is 3.97. The number of aromatic nitrogens is 2. The molecular formula is C10H19N3O. The highest BCUT2D eigenvalue weighted by molar-refractivity contribution is 4.97. The van der Waals surface area contributed by atoms with Crippen molar-refractivity contribution in [2.75, 3.05) is 13.7 Å². The maximum absolute atomic E-state index is 5.48. The van der Waals surface area contributed by atoms with Crippen molar-refractivity contribution in [1.29, 1.82) is 0 Å². The zero-order valence-corrected chi connectivity index (χ0v) is 9.16. The summed E-state index contributed by atoms with van der Waals surface area (Å²) < 4.78 is 7.60. The van der Waals surface area contributed by atoms with Crippen LogP contribution in [0.2, 0.25) is 0 Å². The van der Waals surface area contributed by atoms with Gasteiger partial charge in [0.05, 0.1) is 18.1 Å². The second-order valence-electron chi connectivity index (χ2n) is 3.33. The molecule has 0 aromatic carbocycles. The van der Waals surface area contributed by atoms with Gasteiger partial charge in [-0.2, -0.15) is 0 Å². The fourth-order valence-electron chi connectivity index (χ4n) is 1.46. The molecule has 1 rings (SSSR count). The molecule has 0 aliphatic carbocycles. The summed E-state index contributed by atoms with van der Waals surface area (Å²) in [5.74, 6) is 0. The van der Waals surface area contributed by atoms with Gasteiger partial charge in [0, 0.05) is 25.9 Å². The molecule has 0 amide bonds. The molecule has 4 heteroatoms. The lowest BCUT2D eigenvalue weighted by Crippen LogP contribution is -2.19. The summed E-state index contributed by atoms with van der Waals surface area (Å²) >= 11 is 0. The van der Waals surface area contributed by atoms with Crippen LogP contribution in [0.15, 0.2) is 12.5 Å². The summed E-state index contributed by atoms with van der Waals surface area (Å²) in [4.78, 5) is 4.12. The largest absolute Gasteiger partial charge is 0.377 e. The Morgan fingerprint density at radius 2 is 2.43 bits per heavy atom. The van der Waals surface area contributed by atoms with Gasteiger partial charge in [0.25, 0.3) is 0 Å². The van der Waals surface area contributed by atoms with Crippen molar-refractivity contribution in [3.63, 3.8) is 0 Å². The minimum Gasteiger partial charge on any atom is -0.377 e. The Morgan fingerprint density at radius 1 is 1.64 bits per heavy atom. The fourth-order valence-corrected chi connectivity index (χ4v) is 1.46. The zero-order valence-electron chi connectivity index (χ0n) is 9.16. The first-order valence-corrected chi connectivity index (χ1v) is 5.03. The first-order chi connectivity index (χ1) is 6.77. The highest BCUT2D eigenvalue weighted by Gasteiger charge is 2.05. The molecule has 1 unspecified atom stereocenters. The second-order valence-corrected chi connectivity index (χ2v) is 3.33. The number of rotatable bonds is 6. The van der Waals surface area contributed by atoms with Gasteiger partial charge in [-0.15, -0.1) is 0 Å². The summed E-state index contributed by atoms with van der Waals surface area (Å²) in [5, 5.41) is 3.11. The van der Waals surface area contributed by atoms with Crippen molar-refractivity contribution >= 4 is 0 Å². The van der Waals surface area contributed by atoms with Crippen LogP contribution in [0.3, 0.4) is 0 Å². The van der Waals surface area contributed by atoms with Crippen LogP contribution in [0.1, 0.15) is 19.5 Å². The number of hydrogen-bond acceptors (Lipinski definition) is 3. The number of nitrogens with one attached hydrogen (secondary N) is 1. The van der Waals surface area contributed by atoms with Gasteiger partial charge in [0.15, 0.2) is 0 Å². The van der Waals surface area contributed by atoms with Crippen LogP contribution >= 0.6 is 0 Å². The van der Waals surface area contributed by atoms with Crippen LogP contribution in [0, 0.1) is 0 Å². The lowest BCUT2D eigenvalue weighted by molar-refractivity contribution is 0.0634. The van der Waals surface area contributed by atoms with E-state index in [2.05, 4.69) is 21.8 Å². The maximum Gasteiger partial charge on any atom is 0.0949 e. The van der Waals surface area contributed by atoms with E-state index >= 15 is 0 Å². The molecule has 0 saturated heterocycles. The van der Waals surface area contributed by atoms with Crippen molar-refractivity contribution in [2.24, 2.45) is 0 Å². The average Bonchev–Trinajstić information content (AvgIpc) is 2.54. The molecule has 0 fully saturated rings. The Balaban J connectivity index is 2.52. The molecule has 1 aromatic rings. The van der Waals surface area contributed by atoms with Crippen LogP contribution in [0.5, 0.6) is 0 Å². The van der Waals surface area contributed by atoms with E-state index in [-0.39, 0.29) is 6.10 Å². The Hall–Kier alpha value is -0.870. The third-order valence-corrected chi connectivity index (χ3v) is 2.06. The SMILES string of the molecule is CCOC(C)Cn1cncc1CNC. The fraction of sp³-hybridized carbons (Fsp3) is 0.700. The normalized spacial score (nSPS) is 13.1. The summed E-state index contributed by atoms with van der Waals surface area (Å²) in [6.45, 7) is 6.56. The minimum atomic E-state index is 0.241. The topological polar surface area (TPSA) is 39.1 Å². The molecular weight excluding hydrogens is 178 g/mol. The monoisotopic (exact) mass is 197 g/mol. The van der Waals surface area contributed by atoms with Gasteiger partial charge in [-0.25, -0.2) is 4.98 Å². The van der Waals surface area contributed by atoms with E-state index in [0.29, 0.717) is 0 Å². The average molecular weight is 197 g/mol. The maximum atomic E-state index is 5.48. The van der Waals surface area contributed by atoms with Crippen molar-refractivity contribution in [1.82, 2.24) is 14.9 Å². The highest BCUT2D eigenvalue weighted by Crippen LogP contribution is 2.02. The van der Waals surface area contributed by atoms with Gasteiger partial charge in [0.1, 0.15) is 0 Å². The predicted molar refractivity (Wildman–Crippen MR) is 56.1 cm³/mol. The lowest BCUT2D eigenvalue weighted by Gasteiger charge is -2.14. The van der Waals surface area contributed by atoms with E-state index in [4.69, 9.17) is 4.74 Å². The van der Waals surface area contributed by atoms with Gasteiger partial charge in [0.2, 0.25) is 0 Å². The van der Waals surface area contributed by atoms with Crippen molar-refractivity contribution in [3.8, 4) is 0 Å². The number of hydrogen-bond donors (Lipinski definition) is 1. The van der Waals surface area contributed by atoms with E-state index in [9.17, 15) is 0 Å². The number of ether oxygens (including phenoxy) is 1. The highest BCUT2D eigenvalue weighted by atomic mass is 16.5. The third-order valence-electron chi connectivity index (χ3n) is 2.06. The second kappa shape index (κ2) is 5.78.